The monoisotopic (exact) mass is 170 g/mol. The van der Waals surface area contributed by atoms with Crippen LogP contribution >= 0.6 is 11.3 Å². The molecule has 0 bridgehead atoms. The first-order chi connectivity index (χ1) is 5.25. The lowest BCUT2D eigenvalue weighted by molar-refractivity contribution is 0.0851. The second-order valence-electron chi connectivity index (χ2n) is 2.29. The molecule has 0 saturated heterocycles. The molecular weight excluding hydrogens is 160 g/mol. The molecule has 0 radical (unpaired) electrons. The van der Waals surface area contributed by atoms with Crippen LogP contribution in [0.1, 0.15) is 15.2 Å². The lowest BCUT2D eigenvalue weighted by atomic mass is 10.2. The maximum Gasteiger partial charge on any atom is 0.198 e. The molecule has 1 rings (SSSR count). The number of thiophene rings is 1. The van der Waals surface area contributed by atoms with Gasteiger partial charge in [-0.05, 0) is 23.9 Å². The highest BCUT2D eigenvalue weighted by Crippen LogP contribution is 2.15. The third-order valence-corrected chi connectivity index (χ3v) is 2.45. The van der Waals surface area contributed by atoms with E-state index in [2.05, 4.69) is 0 Å². The van der Waals surface area contributed by atoms with E-state index in [4.69, 9.17) is 4.74 Å². The van der Waals surface area contributed by atoms with Crippen molar-refractivity contribution in [2.24, 2.45) is 0 Å². The molecular formula is C8H10O2S. The molecule has 0 aliphatic rings. The number of carbonyl (C=O) groups excluding carboxylic acids is 1. The Balaban J connectivity index is 2.76. The molecule has 0 atom stereocenters. The van der Waals surface area contributed by atoms with Crippen LogP contribution in [0.15, 0.2) is 11.4 Å². The Kier molecular flexibility index (Phi) is 2.79. The van der Waals surface area contributed by atoms with Crippen LogP contribution in [-0.2, 0) is 4.74 Å². The van der Waals surface area contributed by atoms with Gasteiger partial charge in [0.25, 0.3) is 0 Å². The van der Waals surface area contributed by atoms with Crippen LogP contribution in [0.5, 0.6) is 0 Å². The minimum absolute atomic E-state index is 0.0694. The summed E-state index contributed by atoms with van der Waals surface area (Å²) in [4.78, 5) is 12.0. The Morgan fingerprint density at radius 1 is 1.73 bits per heavy atom. The Morgan fingerprint density at radius 3 is 2.91 bits per heavy atom. The number of aryl methyl sites for hydroxylation is 1. The Bertz CT molecular complexity index is 252. The molecule has 0 spiro atoms. The lowest BCUT2D eigenvalue weighted by Crippen LogP contribution is -2.05. The molecule has 0 unspecified atom stereocenters. The average Bonchev–Trinajstić information content (AvgIpc) is 2.36. The van der Waals surface area contributed by atoms with Gasteiger partial charge in [0, 0.05) is 7.11 Å². The summed E-state index contributed by atoms with van der Waals surface area (Å²) in [6.45, 7) is 2.11. The maximum absolute atomic E-state index is 11.2. The molecule has 0 fully saturated rings. The van der Waals surface area contributed by atoms with Crippen LogP contribution in [0.2, 0.25) is 0 Å². The zero-order chi connectivity index (χ0) is 8.27. The van der Waals surface area contributed by atoms with Crippen LogP contribution in [0.4, 0.5) is 0 Å². The Morgan fingerprint density at radius 2 is 2.45 bits per heavy atom. The highest BCUT2D eigenvalue weighted by atomic mass is 32.1. The maximum atomic E-state index is 11.2. The van der Waals surface area contributed by atoms with E-state index in [1.54, 1.807) is 0 Å². The van der Waals surface area contributed by atoms with Gasteiger partial charge in [-0.25, -0.2) is 0 Å². The van der Waals surface area contributed by atoms with E-state index in [9.17, 15) is 4.79 Å². The number of rotatable bonds is 3. The van der Waals surface area contributed by atoms with E-state index in [0.29, 0.717) is 0 Å². The van der Waals surface area contributed by atoms with Crippen molar-refractivity contribution in [3.05, 3.63) is 21.9 Å². The largest absolute Gasteiger partial charge is 0.376 e. The van der Waals surface area contributed by atoms with Crippen molar-refractivity contribution in [3.63, 3.8) is 0 Å². The fourth-order valence-corrected chi connectivity index (χ4v) is 1.71. The number of carbonyl (C=O) groups is 1. The summed E-state index contributed by atoms with van der Waals surface area (Å²) in [5.41, 5.74) is 1.04. The van der Waals surface area contributed by atoms with E-state index < -0.39 is 0 Å². The molecule has 3 heteroatoms. The normalized spacial score (nSPS) is 10.0. The van der Waals surface area contributed by atoms with Gasteiger partial charge in [-0.3, -0.25) is 4.79 Å². The van der Waals surface area contributed by atoms with Gasteiger partial charge in [0.15, 0.2) is 5.78 Å². The molecule has 11 heavy (non-hydrogen) atoms. The summed E-state index contributed by atoms with van der Waals surface area (Å²) in [6, 6.07) is 1.94. The summed E-state index contributed by atoms with van der Waals surface area (Å²) in [5.74, 6) is 0.0694. The molecule has 1 heterocycles. The van der Waals surface area contributed by atoms with Crippen molar-refractivity contribution in [2.75, 3.05) is 13.7 Å². The topological polar surface area (TPSA) is 26.3 Å². The summed E-state index contributed by atoms with van der Waals surface area (Å²) in [5, 5.41) is 1.91. The third-order valence-electron chi connectivity index (χ3n) is 1.39. The summed E-state index contributed by atoms with van der Waals surface area (Å²) < 4.78 is 4.74. The molecule has 1 aromatic rings. The molecule has 0 saturated carbocycles. The molecule has 2 nitrogen and oxygen atoms in total. The molecule has 0 aromatic carbocycles. The van der Waals surface area contributed by atoms with Gasteiger partial charge in [-0.1, -0.05) is 0 Å². The van der Waals surface area contributed by atoms with E-state index in [-0.39, 0.29) is 12.4 Å². The number of ether oxygens (including phenoxy) is 1. The molecule has 0 aliphatic carbocycles. The molecule has 0 aliphatic heterocycles. The second kappa shape index (κ2) is 3.64. The van der Waals surface area contributed by atoms with Gasteiger partial charge < -0.3 is 4.74 Å². The van der Waals surface area contributed by atoms with E-state index in [1.165, 1.54) is 18.4 Å². The van der Waals surface area contributed by atoms with Gasteiger partial charge in [0.1, 0.15) is 6.61 Å². The van der Waals surface area contributed by atoms with Crippen molar-refractivity contribution >= 4 is 17.1 Å². The lowest BCUT2D eigenvalue weighted by Gasteiger charge is -1.96. The number of hydrogen-bond donors (Lipinski definition) is 0. The van der Waals surface area contributed by atoms with Gasteiger partial charge in [0.2, 0.25) is 0 Å². The molecule has 60 valence electrons. The SMILES string of the molecule is COCC(=O)c1sccc1C. The second-order valence-corrected chi connectivity index (χ2v) is 3.21. The highest BCUT2D eigenvalue weighted by molar-refractivity contribution is 7.12. The fourth-order valence-electron chi connectivity index (χ4n) is 0.855. The van der Waals surface area contributed by atoms with E-state index in [1.807, 2.05) is 18.4 Å². The summed E-state index contributed by atoms with van der Waals surface area (Å²) in [7, 11) is 1.53. The zero-order valence-electron chi connectivity index (χ0n) is 6.59. The Hall–Kier alpha value is -0.670. The van der Waals surface area contributed by atoms with E-state index in [0.717, 1.165) is 10.4 Å². The van der Waals surface area contributed by atoms with Crippen LogP contribution < -0.4 is 0 Å². The predicted octanol–water partition coefficient (Wildman–Crippen LogP) is 1.89. The van der Waals surface area contributed by atoms with Crippen molar-refractivity contribution in [1.82, 2.24) is 0 Å². The fraction of sp³-hybridized carbons (Fsp3) is 0.375. The van der Waals surface area contributed by atoms with Gasteiger partial charge in [0.05, 0.1) is 4.88 Å². The van der Waals surface area contributed by atoms with Crippen LogP contribution in [0.25, 0.3) is 0 Å². The number of Topliss-reactive ketones (excluding diaryl/α,β-unsaturated/α-hetero) is 1. The first-order valence-electron chi connectivity index (χ1n) is 3.32. The Labute approximate surface area is 69.8 Å². The van der Waals surface area contributed by atoms with Gasteiger partial charge >= 0.3 is 0 Å². The molecule has 0 N–H and O–H groups in total. The van der Waals surface area contributed by atoms with Crippen molar-refractivity contribution in [2.45, 2.75) is 6.92 Å². The molecule has 0 amide bonds. The zero-order valence-corrected chi connectivity index (χ0v) is 7.40. The third kappa shape index (κ3) is 1.88. The van der Waals surface area contributed by atoms with Crippen LogP contribution in [0.3, 0.4) is 0 Å². The minimum Gasteiger partial charge on any atom is -0.376 e. The average molecular weight is 170 g/mol. The van der Waals surface area contributed by atoms with Crippen molar-refractivity contribution in [3.8, 4) is 0 Å². The van der Waals surface area contributed by atoms with Crippen LogP contribution in [0, 0.1) is 6.92 Å². The van der Waals surface area contributed by atoms with Crippen molar-refractivity contribution in [1.29, 1.82) is 0 Å². The van der Waals surface area contributed by atoms with Gasteiger partial charge in [-0.15, -0.1) is 11.3 Å². The predicted molar refractivity (Wildman–Crippen MR) is 45.3 cm³/mol. The number of ketones is 1. The first kappa shape index (κ1) is 8.43. The number of methoxy groups -OCH3 is 1. The van der Waals surface area contributed by atoms with Crippen molar-refractivity contribution < 1.29 is 9.53 Å². The number of hydrogen-bond acceptors (Lipinski definition) is 3. The molecule has 1 aromatic heterocycles. The van der Waals surface area contributed by atoms with Crippen LogP contribution in [-0.4, -0.2) is 19.5 Å². The summed E-state index contributed by atoms with van der Waals surface area (Å²) in [6.07, 6.45) is 0. The first-order valence-corrected chi connectivity index (χ1v) is 4.20. The standard InChI is InChI=1S/C8H10O2S/c1-6-3-4-11-8(6)7(9)5-10-2/h3-4H,5H2,1-2H3. The highest BCUT2D eigenvalue weighted by Gasteiger charge is 2.08. The summed E-state index contributed by atoms with van der Waals surface area (Å²) >= 11 is 1.47. The minimum atomic E-state index is 0.0694. The smallest absolute Gasteiger partial charge is 0.198 e. The van der Waals surface area contributed by atoms with E-state index >= 15 is 0 Å². The quantitative estimate of drug-likeness (QED) is 0.647. The van der Waals surface area contributed by atoms with Gasteiger partial charge in [-0.2, -0.15) is 0 Å².